The largest absolute Gasteiger partial charge is 0.393 e. The van der Waals surface area contributed by atoms with Crippen LogP contribution in [0.3, 0.4) is 0 Å². The lowest BCUT2D eigenvalue weighted by molar-refractivity contribution is 0.0912. The van der Waals surface area contributed by atoms with Gasteiger partial charge < -0.3 is 5.11 Å². The molecule has 1 aliphatic heterocycles. The van der Waals surface area contributed by atoms with E-state index in [-0.39, 0.29) is 16.9 Å². The highest BCUT2D eigenvalue weighted by Crippen LogP contribution is 2.26. The Morgan fingerprint density at radius 1 is 1.50 bits per heavy atom. The van der Waals surface area contributed by atoms with E-state index in [0.717, 1.165) is 0 Å². The molecule has 1 fully saturated rings. The Kier molecular flexibility index (Phi) is 3.74. The van der Waals surface area contributed by atoms with Gasteiger partial charge in [-0.3, -0.25) is 5.10 Å². The normalized spacial score (nSPS) is 21.1. The Morgan fingerprint density at radius 3 is 2.56 bits per heavy atom. The van der Waals surface area contributed by atoms with E-state index in [1.807, 2.05) is 0 Å². The maximum atomic E-state index is 12.3. The fourth-order valence-electron chi connectivity index (χ4n) is 2.34. The quantitative estimate of drug-likeness (QED) is 0.839. The number of aliphatic hydroxyl groups excluding tert-OH is 1. The molecule has 0 radical (unpaired) electrons. The third-order valence-corrected chi connectivity index (χ3v) is 5.59. The second kappa shape index (κ2) is 4.99. The van der Waals surface area contributed by atoms with Crippen molar-refractivity contribution in [2.24, 2.45) is 5.92 Å². The lowest BCUT2D eigenvalue weighted by atomic mass is 9.93. The van der Waals surface area contributed by atoms with E-state index < -0.39 is 10.0 Å². The second-order valence-electron chi connectivity index (χ2n) is 4.84. The third kappa shape index (κ3) is 2.43. The summed E-state index contributed by atoms with van der Waals surface area (Å²) in [6.07, 6.45) is 2.39. The van der Waals surface area contributed by atoms with Crippen LogP contribution in [0.2, 0.25) is 0 Å². The zero-order valence-electron chi connectivity index (χ0n) is 10.6. The van der Waals surface area contributed by atoms with E-state index in [2.05, 4.69) is 10.2 Å². The van der Waals surface area contributed by atoms with Crippen molar-refractivity contribution in [3.05, 3.63) is 11.9 Å². The maximum absolute atomic E-state index is 12.3. The first-order valence-corrected chi connectivity index (χ1v) is 7.55. The van der Waals surface area contributed by atoms with Gasteiger partial charge in [-0.05, 0) is 32.6 Å². The summed E-state index contributed by atoms with van der Waals surface area (Å²) in [5.41, 5.74) is 0.563. The molecule has 2 N–H and O–H groups in total. The van der Waals surface area contributed by atoms with Crippen molar-refractivity contribution in [2.75, 3.05) is 13.1 Å². The van der Waals surface area contributed by atoms with Gasteiger partial charge in [-0.25, -0.2) is 8.42 Å². The van der Waals surface area contributed by atoms with Crippen LogP contribution in [0.4, 0.5) is 0 Å². The van der Waals surface area contributed by atoms with Crippen molar-refractivity contribution in [1.82, 2.24) is 14.5 Å². The summed E-state index contributed by atoms with van der Waals surface area (Å²) >= 11 is 0. The topological polar surface area (TPSA) is 86.3 Å². The zero-order valence-corrected chi connectivity index (χ0v) is 11.4. The van der Waals surface area contributed by atoms with E-state index in [1.165, 1.54) is 10.5 Å². The van der Waals surface area contributed by atoms with Crippen LogP contribution < -0.4 is 0 Å². The molecule has 2 heterocycles. The Labute approximate surface area is 107 Å². The molecule has 1 saturated heterocycles. The van der Waals surface area contributed by atoms with Gasteiger partial charge in [0.1, 0.15) is 4.90 Å². The fourth-order valence-corrected chi connectivity index (χ4v) is 3.93. The molecule has 0 saturated carbocycles. The predicted molar refractivity (Wildman–Crippen MR) is 66.5 cm³/mol. The Hall–Kier alpha value is -0.920. The summed E-state index contributed by atoms with van der Waals surface area (Å²) < 4.78 is 26.2. The molecule has 1 unspecified atom stereocenters. The van der Waals surface area contributed by atoms with Gasteiger partial charge in [0.25, 0.3) is 0 Å². The van der Waals surface area contributed by atoms with Gasteiger partial charge in [-0.1, -0.05) is 0 Å². The van der Waals surface area contributed by atoms with Crippen LogP contribution in [0, 0.1) is 12.8 Å². The number of H-pyrrole nitrogens is 1. The number of rotatable bonds is 3. The van der Waals surface area contributed by atoms with Crippen molar-refractivity contribution in [3.63, 3.8) is 0 Å². The number of nitrogens with zero attached hydrogens (tertiary/aromatic N) is 2. The molecule has 1 aromatic heterocycles. The summed E-state index contributed by atoms with van der Waals surface area (Å²) in [6, 6.07) is 0. The van der Waals surface area contributed by atoms with Gasteiger partial charge in [0.15, 0.2) is 0 Å². The van der Waals surface area contributed by atoms with Gasteiger partial charge in [-0.15, -0.1) is 0 Å². The third-order valence-electron chi connectivity index (χ3n) is 3.58. The fraction of sp³-hybridized carbons (Fsp3) is 0.727. The molecular weight excluding hydrogens is 254 g/mol. The second-order valence-corrected chi connectivity index (χ2v) is 6.75. The molecule has 0 spiro atoms. The summed E-state index contributed by atoms with van der Waals surface area (Å²) in [5, 5.41) is 15.9. The predicted octanol–water partition coefficient (Wildman–Crippen LogP) is 0.500. The van der Waals surface area contributed by atoms with Crippen LogP contribution in [0.1, 0.15) is 25.5 Å². The van der Waals surface area contributed by atoms with E-state index in [9.17, 15) is 13.5 Å². The molecule has 1 aromatic rings. The SMILES string of the molecule is Cc1[nH]ncc1S(=O)(=O)N1CCC(C(C)O)CC1. The van der Waals surface area contributed by atoms with Gasteiger partial charge in [0.2, 0.25) is 10.0 Å². The summed E-state index contributed by atoms with van der Waals surface area (Å²) in [7, 11) is -3.44. The molecule has 1 atom stereocenters. The smallest absolute Gasteiger partial charge is 0.246 e. The van der Waals surface area contributed by atoms with Crippen LogP contribution in [0.25, 0.3) is 0 Å². The average molecular weight is 273 g/mol. The van der Waals surface area contributed by atoms with Crippen LogP contribution in [0.15, 0.2) is 11.1 Å². The van der Waals surface area contributed by atoms with Gasteiger partial charge in [-0.2, -0.15) is 9.40 Å². The molecule has 7 heteroatoms. The molecule has 0 aromatic carbocycles. The molecule has 18 heavy (non-hydrogen) atoms. The Morgan fingerprint density at radius 2 is 2.11 bits per heavy atom. The lowest BCUT2D eigenvalue weighted by Gasteiger charge is -2.32. The van der Waals surface area contributed by atoms with Crippen molar-refractivity contribution < 1.29 is 13.5 Å². The molecule has 0 amide bonds. The van der Waals surface area contributed by atoms with Crippen LogP contribution in [-0.2, 0) is 10.0 Å². The Bertz CT molecular complexity index is 501. The molecule has 0 bridgehead atoms. The lowest BCUT2D eigenvalue weighted by Crippen LogP contribution is -2.40. The number of aliphatic hydroxyl groups is 1. The number of hydrogen-bond acceptors (Lipinski definition) is 4. The number of sulfonamides is 1. The summed E-state index contributed by atoms with van der Waals surface area (Å²) in [6.45, 7) is 4.38. The zero-order chi connectivity index (χ0) is 13.3. The molecule has 102 valence electrons. The highest BCUT2D eigenvalue weighted by molar-refractivity contribution is 7.89. The minimum absolute atomic E-state index is 0.196. The number of aromatic nitrogens is 2. The highest BCUT2D eigenvalue weighted by Gasteiger charge is 2.32. The molecule has 2 rings (SSSR count). The van der Waals surface area contributed by atoms with Crippen LogP contribution in [-0.4, -0.2) is 47.2 Å². The van der Waals surface area contributed by atoms with Gasteiger partial charge >= 0.3 is 0 Å². The highest BCUT2D eigenvalue weighted by atomic mass is 32.2. The van der Waals surface area contributed by atoms with Crippen LogP contribution in [0.5, 0.6) is 0 Å². The Balaban J connectivity index is 2.12. The minimum Gasteiger partial charge on any atom is -0.393 e. The molecular formula is C11H19N3O3S. The summed E-state index contributed by atoms with van der Waals surface area (Å²) in [4.78, 5) is 0.248. The van der Waals surface area contributed by atoms with Crippen molar-refractivity contribution in [2.45, 2.75) is 37.7 Å². The molecule has 6 nitrogen and oxygen atoms in total. The first-order valence-electron chi connectivity index (χ1n) is 6.11. The number of nitrogens with one attached hydrogen (secondary N) is 1. The first-order chi connectivity index (χ1) is 8.43. The van der Waals surface area contributed by atoms with E-state index in [4.69, 9.17) is 0 Å². The van der Waals surface area contributed by atoms with Crippen molar-refractivity contribution in [3.8, 4) is 0 Å². The number of aryl methyl sites for hydroxylation is 1. The van der Waals surface area contributed by atoms with E-state index >= 15 is 0 Å². The van der Waals surface area contributed by atoms with Crippen LogP contribution >= 0.6 is 0 Å². The van der Waals surface area contributed by atoms with Gasteiger partial charge in [0, 0.05) is 13.1 Å². The minimum atomic E-state index is -3.44. The molecule has 0 aliphatic carbocycles. The standard InChI is InChI=1S/C11H19N3O3S/c1-8-11(7-12-13-8)18(16,17)14-5-3-10(4-6-14)9(2)15/h7,9-10,15H,3-6H2,1-2H3,(H,12,13). The number of aromatic amines is 1. The number of piperidine rings is 1. The maximum Gasteiger partial charge on any atom is 0.246 e. The van der Waals surface area contributed by atoms with E-state index in [0.29, 0.717) is 31.6 Å². The van der Waals surface area contributed by atoms with Gasteiger partial charge in [0.05, 0.1) is 18.0 Å². The monoisotopic (exact) mass is 273 g/mol. The molecule has 1 aliphatic rings. The summed E-state index contributed by atoms with van der Waals surface area (Å²) in [5.74, 6) is 0.196. The van der Waals surface area contributed by atoms with Crippen molar-refractivity contribution >= 4 is 10.0 Å². The first kappa shape index (κ1) is 13.5. The van der Waals surface area contributed by atoms with E-state index in [1.54, 1.807) is 13.8 Å². The van der Waals surface area contributed by atoms with Crippen molar-refractivity contribution in [1.29, 1.82) is 0 Å². The average Bonchev–Trinajstić information content (AvgIpc) is 2.76. The number of hydrogen-bond donors (Lipinski definition) is 2.